The van der Waals surface area contributed by atoms with Crippen LogP contribution in [0.4, 0.5) is 0 Å². The van der Waals surface area contributed by atoms with Crippen LogP contribution in [0, 0.1) is 0 Å². The third-order valence-electron chi connectivity index (χ3n) is 13.4. The Bertz CT molecular complexity index is 3860. The van der Waals surface area contributed by atoms with Crippen molar-refractivity contribution in [2.75, 3.05) is 0 Å². The van der Waals surface area contributed by atoms with Gasteiger partial charge in [0.2, 0.25) is 0 Å². The number of hydrogen-bond donors (Lipinski definition) is 0. The normalized spacial score (nSPS) is 12.9. The number of benzene rings is 9. The molecule has 3 aromatic heterocycles. The van der Waals surface area contributed by atoms with E-state index in [1.54, 1.807) is 11.3 Å². The van der Waals surface area contributed by atoms with Crippen LogP contribution in [0.1, 0.15) is 25.0 Å². The lowest BCUT2D eigenvalue weighted by Crippen LogP contribution is -2.14. The van der Waals surface area contributed by atoms with Crippen molar-refractivity contribution in [1.29, 1.82) is 0 Å². The fraction of sp³-hybridized carbons (Fsp3) is 0.0500. The Kier molecular flexibility index (Phi) is 8.39. The third kappa shape index (κ3) is 6.15. The van der Waals surface area contributed by atoms with E-state index in [0.29, 0.717) is 17.5 Å². The lowest BCUT2D eigenvalue weighted by atomic mass is 9.81. The van der Waals surface area contributed by atoms with Gasteiger partial charge in [0.05, 0.1) is 0 Å². The van der Waals surface area contributed by atoms with E-state index in [9.17, 15) is 0 Å². The van der Waals surface area contributed by atoms with Gasteiger partial charge in [-0.05, 0) is 110 Å². The van der Waals surface area contributed by atoms with Crippen molar-refractivity contribution in [1.82, 2.24) is 15.0 Å². The molecule has 1 aliphatic rings. The monoisotopic (exact) mass is 849 g/mol. The number of fused-ring (bicyclic) bond motifs is 9. The van der Waals surface area contributed by atoms with Crippen LogP contribution in [0.25, 0.3) is 121 Å². The lowest BCUT2D eigenvalue weighted by Gasteiger charge is -2.22. The molecule has 0 spiro atoms. The molecular formula is C60H39N3OS. The molecule has 3 heterocycles. The summed E-state index contributed by atoms with van der Waals surface area (Å²) in [6, 6.07) is 71.4. The van der Waals surface area contributed by atoms with Crippen LogP contribution in [0.3, 0.4) is 0 Å². The van der Waals surface area contributed by atoms with Gasteiger partial charge >= 0.3 is 0 Å². The Morgan fingerprint density at radius 2 is 0.908 bits per heavy atom. The molecule has 0 saturated carbocycles. The van der Waals surface area contributed by atoms with E-state index >= 15 is 0 Å². The molecule has 0 saturated heterocycles. The van der Waals surface area contributed by atoms with Crippen LogP contribution in [0.15, 0.2) is 205 Å². The topological polar surface area (TPSA) is 51.8 Å². The lowest BCUT2D eigenvalue weighted by molar-refractivity contribution is 0.660. The highest BCUT2D eigenvalue weighted by atomic mass is 32.1. The molecule has 0 N–H and O–H groups in total. The van der Waals surface area contributed by atoms with Crippen molar-refractivity contribution in [3.05, 3.63) is 211 Å². The van der Waals surface area contributed by atoms with Crippen LogP contribution in [-0.2, 0) is 5.41 Å². The molecule has 0 fully saturated rings. The summed E-state index contributed by atoms with van der Waals surface area (Å²) in [6.07, 6.45) is 0. The van der Waals surface area contributed by atoms with Gasteiger partial charge in [-0.1, -0.05) is 159 Å². The average molecular weight is 850 g/mol. The molecular weight excluding hydrogens is 811 g/mol. The standard InChI is InChI=1S/C60H39N3OS/c1-60(2)50-19-8-6-16-44(50)45-29-26-41(35-51(45)60)38-24-22-37(23-25-38)40-27-30-52-49(33-40)56-47(18-11-20-53(56)64-52)59-62-57(42-15-10-14-39(32-42)36-12-4-3-5-13-36)61-58(63-59)43-28-31-55-48(34-43)46-17-7-9-21-54(46)65-55/h3-35H,1-2H3. The predicted octanol–water partition coefficient (Wildman–Crippen LogP) is 16.4. The maximum absolute atomic E-state index is 6.56. The fourth-order valence-corrected chi connectivity index (χ4v) is 11.1. The quantitative estimate of drug-likeness (QED) is 0.167. The van der Waals surface area contributed by atoms with E-state index in [0.717, 1.165) is 60.9 Å². The van der Waals surface area contributed by atoms with Crippen LogP contribution in [-0.4, -0.2) is 15.0 Å². The average Bonchev–Trinajstić information content (AvgIpc) is 4.01. The molecule has 0 radical (unpaired) electrons. The van der Waals surface area contributed by atoms with Crippen LogP contribution in [0.5, 0.6) is 0 Å². The van der Waals surface area contributed by atoms with E-state index < -0.39 is 0 Å². The van der Waals surface area contributed by atoms with E-state index in [-0.39, 0.29) is 5.41 Å². The van der Waals surface area contributed by atoms with Crippen molar-refractivity contribution in [3.63, 3.8) is 0 Å². The van der Waals surface area contributed by atoms with Gasteiger partial charge in [0.15, 0.2) is 17.5 Å². The summed E-state index contributed by atoms with van der Waals surface area (Å²) in [5.74, 6) is 1.82. The van der Waals surface area contributed by atoms with Gasteiger partial charge in [0, 0.05) is 53.1 Å². The molecule has 9 aromatic carbocycles. The first-order chi connectivity index (χ1) is 31.9. The van der Waals surface area contributed by atoms with Crippen LogP contribution >= 0.6 is 11.3 Å². The molecule has 306 valence electrons. The Labute approximate surface area is 380 Å². The molecule has 12 aromatic rings. The number of thiophene rings is 1. The highest BCUT2D eigenvalue weighted by molar-refractivity contribution is 7.25. The minimum Gasteiger partial charge on any atom is -0.456 e. The minimum atomic E-state index is -0.0465. The summed E-state index contributed by atoms with van der Waals surface area (Å²) >= 11 is 1.81. The summed E-state index contributed by atoms with van der Waals surface area (Å²) in [5, 5.41) is 4.42. The second kappa shape index (κ2) is 14.5. The summed E-state index contributed by atoms with van der Waals surface area (Å²) in [6.45, 7) is 4.67. The molecule has 0 aliphatic heterocycles. The van der Waals surface area contributed by atoms with Gasteiger partial charge in [0.1, 0.15) is 11.2 Å². The maximum atomic E-state index is 6.56. The van der Waals surface area contributed by atoms with Gasteiger partial charge in [-0.15, -0.1) is 11.3 Å². The molecule has 65 heavy (non-hydrogen) atoms. The molecule has 5 heteroatoms. The van der Waals surface area contributed by atoms with Crippen molar-refractivity contribution >= 4 is 53.4 Å². The Morgan fingerprint density at radius 3 is 1.75 bits per heavy atom. The van der Waals surface area contributed by atoms with E-state index in [4.69, 9.17) is 19.4 Å². The summed E-state index contributed by atoms with van der Waals surface area (Å²) in [4.78, 5) is 15.8. The Balaban J connectivity index is 0.924. The molecule has 13 rings (SSSR count). The fourth-order valence-electron chi connectivity index (χ4n) is 10.0. The van der Waals surface area contributed by atoms with E-state index in [1.807, 2.05) is 18.2 Å². The van der Waals surface area contributed by atoms with E-state index in [2.05, 4.69) is 196 Å². The van der Waals surface area contributed by atoms with Gasteiger partial charge in [-0.2, -0.15) is 0 Å². The smallest absolute Gasteiger partial charge is 0.164 e. The van der Waals surface area contributed by atoms with Crippen molar-refractivity contribution in [3.8, 4) is 78.7 Å². The summed E-state index contributed by atoms with van der Waals surface area (Å²) in [5.41, 5.74) is 16.7. The molecule has 0 amide bonds. The van der Waals surface area contributed by atoms with Gasteiger partial charge in [0.25, 0.3) is 0 Å². The van der Waals surface area contributed by atoms with Crippen molar-refractivity contribution in [2.24, 2.45) is 0 Å². The number of hydrogen-bond acceptors (Lipinski definition) is 5. The minimum absolute atomic E-state index is 0.0465. The first-order valence-corrected chi connectivity index (χ1v) is 22.9. The predicted molar refractivity (Wildman–Crippen MR) is 270 cm³/mol. The largest absolute Gasteiger partial charge is 0.456 e. The number of rotatable bonds is 6. The zero-order valence-corrected chi connectivity index (χ0v) is 36.5. The molecule has 0 unspecified atom stereocenters. The van der Waals surface area contributed by atoms with Crippen LogP contribution < -0.4 is 0 Å². The SMILES string of the molecule is CC1(C)c2ccccc2-c2ccc(-c3ccc(-c4ccc5oc6cccc(-c7nc(-c8cccc(-c9ccccc9)c8)nc(-c8ccc9sc%10ccccc%10c9c8)n7)c6c5c4)cc3)cc21. The zero-order chi connectivity index (χ0) is 43.2. The summed E-state index contributed by atoms with van der Waals surface area (Å²) in [7, 11) is 0. The number of furan rings is 1. The Hall–Kier alpha value is -7.99. The van der Waals surface area contributed by atoms with E-state index in [1.165, 1.54) is 53.6 Å². The highest BCUT2D eigenvalue weighted by Gasteiger charge is 2.35. The van der Waals surface area contributed by atoms with Gasteiger partial charge in [-0.25, -0.2) is 15.0 Å². The van der Waals surface area contributed by atoms with Crippen LogP contribution in [0.2, 0.25) is 0 Å². The highest BCUT2D eigenvalue weighted by Crippen LogP contribution is 2.50. The number of aromatic nitrogens is 3. The Morgan fingerprint density at radius 1 is 0.354 bits per heavy atom. The molecule has 0 bridgehead atoms. The second-order valence-corrected chi connectivity index (χ2v) is 18.6. The second-order valence-electron chi connectivity index (χ2n) is 17.6. The molecule has 1 aliphatic carbocycles. The summed E-state index contributed by atoms with van der Waals surface area (Å²) < 4.78 is 9.06. The van der Waals surface area contributed by atoms with Gasteiger partial charge < -0.3 is 4.42 Å². The van der Waals surface area contributed by atoms with Gasteiger partial charge in [-0.3, -0.25) is 0 Å². The number of nitrogens with zero attached hydrogens (tertiary/aromatic N) is 3. The molecule has 4 nitrogen and oxygen atoms in total. The maximum Gasteiger partial charge on any atom is 0.164 e. The zero-order valence-electron chi connectivity index (χ0n) is 35.7. The van der Waals surface area contributed by atoms with Crippen molar-refractivity contribution in [2.45, 2.75) is 19.3 Å². The molecule has 0 atom stereocenters. The first kappa shape index (κ1) is 37.6. The van der Waals surface area contributed by atoms with Crippen molar-refractivity contribution < 1.29 is 4.42 Å². The first-order valence-electron chi connectivity index (χ1n) is 22.1. The third-order valence-corrected chi connectivity index (χ3v) is 14.5.